The highest BCUT2D eigenvalue weighted by molar-refractivity contribution is 8.96. The minimum atomic E-state index is -4.83. The molecular weight excluding hydrogens is 504 g/mol. The predicted octanol–water partition coefficient (Wildman–Crippen LogP) is 3.96. The first-order chi connectivity index (χ1) is 17.1. The molecule has 0 bridgehead atoms. The number of nitrogens with one attached hydrogen (secondary N) is 2. The van der Waals surface area contributed by atoms with Crippen LogP contribution in [0.2, 0.25) is 0 Å². The first kappa shape index (κ1) is 25.1. The standard InChI is InChI=1S/C24H22N4O6S2/c1-16-22(35(17(2)26-16,36(31,32)33)20-11-7-4-8-12-20)24(30)28-27-23(29)21-15-19(13-14-25-21)34-18-9-5-3-6-10-18/h3-15H,1-2H3,(H,27,29)(H,28,30)(H,31,32,33). The predicted molar refractivity (Wildman–Crippen MR) is 136 cm³/mol. The average Bonchev–Trinajstić information content (AvgIpc) is 3.14. The average molecular weight is 527 g/mol. The van der Waals surface area contributed by atoms with Crippen molar-refractivity contribution in [3.05, 3.63) is 95.3 Å². The van der Waals surface area contributed by atoms with Crippen LogP contribution in [-0.2, 0) is 13.9 Å². The fraction of sp³-hybridized carbons (Fsp3) is 0.0833. The third-order valence-electron chi connectivity index (χ3n) is 5.19. The molecule has 0 radical (unpaired) electrons. The van der Waals surface area contributed by atoms with Gasteiger partial charge in [-0.05, 0) is 53.2 Å². The Kier molecular flexibility index (Phi) is 6.93. The molecule has 4 rings (SSSR count). The highest BCUT2D eigenvalue weighted by Gasteiger charge is 2.52. The summed E-state index contributed by atoms with van der Waals surface area (Å²) in [6.07, 6.45) is 1.37. The van der Waals surface area contributed by atoms with Gasteiger partial charge in [-0.25, -0.2) is 0 Å². The third kappa shape index (κ3) is 4.61. The van der Waals surface area contributed by atoms with E-state index in [1.807, 2.05) is 6.07 Å². The van der Waals surface area contributed by atoms with Crippen LogP contribution in [0.15, 0.2) is 99.5 Å². The number of allylic oxidation sites excluding steroid dienone is 1. The van der Waals surface area contributed by atoms with Gasteiger partial charge in [0.15, 0.2) is 0 Å². The molecule has 1 aromatic heterocycles. The number of rotatable bonds is 6. The summed E-state index contributed by atoms with van der Waals surface area (Å²) in [5.41, 5.74) is 4.54. The number of benzene rings is 2. The minimum Gasteiger partial charge on any atom is -0.457 e. The number of carbonyl (C=O) groups is 2. The second-order valence-corrected chi connectivity index (χ2v) is 13.7. The van der Waals surface area contributed by atoms with Gasteiger partial charge < -0.3 is 4.74 Å². The molecule has 2 heterocycles. The van der Waals surface area contributed by atoms with E-state index in [4.69, 9.17) is 4.74 Å². The van der Waals surface area contributed by atoms with Crippen molar-refractivity contribution < 1.29 is 27.3 Å². The molecule has 0 fully saturated rings. The Balaban J connectivity index is 1.57. The van der Waals surface area contributed by atoms with Crippen molar-refractivity contribution in [2.45, 2.75) is 18.7 Å². The SMILES string of the molecule is CC1=NC(C)=C(C(=O)NNC(=O)c2cc(Oc3ccccc3)ccn2)S1(c1ccccc1)S(=O)(=O)O. The van der Waals surface area contributed by atoms with Crippen molar-refractivity contribution in [1.82, 2.24) is 15.8 Å². The van der Waals surface area contributed by atoms with Gasteiger partial charge in [-0.3, -0.25) is 35.0 Å². The number of hydrogen-bond donors (Lipinski definition) is 3. The molecule has 1 aliphatic heterocycles. The zero-order chi connectivity index (χ0) is 25.9. The van der Waals surface area contributed by atoms with Crippen LogP contribution in [0.1, 0.15) is 24.3 Å². The van der Waals surface area contributed by atoms with E-state index in [2.05, 4.69) is 20.8 Å². The van der Waals surface area contributed by atoms with Gasteiger partial charge in [-0.1, -0.05) is 36.4 Å². The lowest BCUT2D eigenvalue weighted by molar-refractivity contribution is -0.117. The number of nitrogens with zero attached hydrogens (tertiary/aromatic N) is 2. The first-order valence-corrected chi connectivity index (χ1v) is 14.2. The molecule has 12 heteroatoms. The molecule has 2 aromatic carbocycles. The van der Waals surface area contributed by atoms with Gasteiger partial charge in [-0.2, -0.15) is 8.42 Å². The number of ether oxygens (including phenoxy) is 1. The van der Waals surface area contributed by atoms with Gasteiger partial charge in [0, 0.05) is 17.2 Å². The Morgan fingerprint density at radius 1 is 0.889 bits per heavy atom. The van der Waals surface area contributed by atoms with Gasteiger partial charge in [-0.15, -0.1) is 0 Å². The van der Waals surface area contributed by atoms with Crippen LogP contribution in [-0.4, -0.2) is 34.8 Å². The molecule has 0 spiro atoms. The van der Waals surface area contributed by atoms with Crippen molar-refractivity contribution >= 4 is 35.1 Å². The molecule has 186 valence electrons. The molecule has 36 heavy (non-hydrogen) atoms. The molecule has 0 saturated carbocycles. The summed E-state index contributed by atoms with van der Waals surface area (Å²) >= 11 is 0. The van der Waals surface area contributed by atoms with E-state index in [0.717, 1.165) is 0 Å². The van der Waals surface area contributed by atoms with Crippen LogP contribution in [0.3, 0.4) is 0 Å². The summed E-state index contributed by atoms with van der Waals surface area (Å²) < 4.78 is 41.6. The van der Waals surface area contributed by atoms with Crippen LogP contribution < -0.4 is 15.6 Å². The molecule has 3 N–H and O–H groups in total. The van der Waals surface area contributed by atoms with Crippen LogP contribution in [0.5, 0.6) is 11.5 Å². The number of pyridine rings is 1. The summed E-state index contributed by atoms with van der Waals surface area (Å²) in [5, 5.41) is 0.0811. The summed E-state index contributed by atoms with van der Waals surface area (Å²) in [7, 11) is -8.25. The lowest BCUT2D eigenvalue weighted by Crippen LogP contribution is -2.43. The minimum absolute atomic E-state index is 0.0512. The number of aliphatic imine (C=N–C) groups is 1. The molecule has 3 aromatic rings. The zero-order valence-corrected chi connectivity index (χ0v) is 20.8. The molecule has 0 aliphatic carbocycles. The van der Waals surface area contributed by atoms with Crippen molar-refractivity contribution in [2.75, 3.05) is 0 Å². The van der Waals surface area contributed by atoms with Crippen LogP contribution >= 0.6 is 9.06 Å². The number of hydrazine groups is 1. The van der Waals surface area contributed by atoms with Gasteiger partial charge in [0.2, 0.25) is 0 Å². The Hall–Kier alpha value is -4.00. The Morgan fingerprint density at radius 3 is 2.14 bits per heavy atom. The van der Waals surface area contributed by atoms with E-state index in [1.165, 1.54) is 38.2 Å². The van der Waals surface area contributed by atoms with Crippen LogP contribution in [0.25, 0.3) is 0 Å². The lowest BCUT2D eigenvalue weighted by atomic mass is 10.3. The Labute approximate surface area is 208 Å². The monoisotopic (exact) mass is 526 g/mol. The summed E-state index contributed by atoms with van der Waals surface area (Å²) in [6, 6.07) is 19.8. The zero-order valence-electron chi connectivity index (χ0n) is 19.2. The van der Waals surface area contributed by atoms with E-state index in [9.17, 15) is 22.6 Å². The van der Waals surface area contributed by atoms with Gasteiger partial charge in [0.05, 0.1) is 10.7 Å². The Morgan fingerprint density at radius 2 is 1.50 bits per heavy atom. The maximum atomic E-state index is 13.2. The van der Waals surface area contributed by atoms with E-state index < -0.39 is 30.0 Å². The summed E-state index contributed by atoms with van der Waals surface area (Å²) in [4.78, 5) is 34.1. The molecule has 0 saturated heterocycles. The van der Waals surface area contributed by atoms with Gasteiger partial charge >= 0.3 is 9.15 Å². The van der Waals surface area contributed by atoms with Crippen LogP contribution in [0.4, 0.5) is 0 Å². The van der Waals surface area contributed by atoms with Crippen molar-refractivity contribution in [3.8, 4) is 11.5 Å². The highest BCUT2D eigenvalue weighted by Crippen LogP contribution is 2.70. The van der Waals surface area contributed by atoms with Crippen molar-refractivity contribution in [1.29, 1.82) is 0 Å². The van der Waals surface area contributed by atoms with E-state index >= 15 is 0 Å². The quantitative estimate of drug-likeness (QED) is 0.250. The summed E-state index contributed by atoms with van der Waals surface area (Å²) in [5.74, 6) is -0.768. The van der Waals surface area contributed by atoms with E-state index in [0.29, 0.717) is 11.5 Å². The molecule has 10 nitrogen and oxygen atoms in total. The number of amides is 2. The number of hydrogen-bond acceptors (Lipinski definition) is 7. The lowest BCUT2D eigenvalue weighted by Gasteiger charge is -2.34. The number of para-hydroxylation sites is 1. The van der Waals surface area contributed by atoms with E-state index in [1.54, 1.807) is 48.5 Å². The van der Waals surface area contributed by atoms with Crippen LogP contribution in [0, 0.1) is 0 Å². The first-order valence-electron chi connectivity index (χ1n) is 10.6. The third-order valence-corrected chi connectivity index (χ3v) is 12.4. The number of aromatic nitrogens is 1. The fourth-order valence-corrected chi connectivity index (χ4v) is 10.3. The maximum absolute atomic E-state index is 13.2. The second kappa shape index (κ2) is 9.93. The molecule has 1 aliphatic rings. The highest BCUT2D eigenvalue weighted by atomic mass is 33.2. The molecular formula is C24H22N4O6S2. The fourth-order valence-electron chi connectivity index (χ4n) is 3.74. The normalized spacial score (nSPS) is 19.1. The number of carbonyl (C=O) groups excluding carboxylic acids is 2. The topological polar surface area (TPSA) is 147 Å². The van der Waals surface area contributed by atoms with Gasteiger partial charge in [0.1, 0.15) is 22.1 Å². The molecule has 1 unspecified atom stereocenters. The van der Waals surface area contributed by atoms with Gasteiger partial charge in [0.25, 0.3) is 11.8 Å². The Bertz CT molecular complexity index is 1490. The summed E-state index contributed by atoms with van der Waals surface area (Å²) in [6.45, 7) is 2.91. The maximum Gasteiger partial charge on any atom is 0.315 e. The second-order valence-electron chi connectivity index (χ2n) is 7.54. The van der Waals surface area contributed by atoms with E-state index in [-0.39, 0.29) is 26.2 Å². The smallest absolute Gasteiger partial charge is 0.315 e. The largest absolute Gasteiger partial charge is 0.457 e. The molecule has 2 amide bonds. The van der Waals surface area contributed by atoms with Crippen molar-refractivity contribution in [2.24, 2.45) is 4.99 Å². The molecule has 1 atom stereocenters. The van der Waals surface area contributed by atoms with Crippen molar-refractivity contribution in [3.63, 3.8) is 0 Å².